The van der Waals surface area contributed by atoms with Crippen LogP contribution in [0.5, 0.6) is 0 Å². The van der Waals surface area contributed by atoms with Crippen LogP contribution in [0.2, 0.25) is 0 Å². The molecule has 1 aromatic rings. The largest absolute Gasteiger partial charge is 0.371 e. The molecule has 23 heavy (non-hydrogen) atoms. The Balaban J connectivity index is 1.79. The molecule has 1 N–H and O–H groups in total. The highest BCUT2D eigenvalue weighted by atomic mass is 32.2. The van der Waals surface area contributed by atoms with Gasteiger partial charge in [0.25, 0.3) is 0 Å². The summed E-state index contributed by atoms with van der Waals surface area (Å²) >= 11 is 0. The van der Waals surface area contributed by atoms with E-state index in [9.17, 15) is 17.2 Å². The van der Waals surface area contributed by atoms with Gasteiger partial charge in [0.2, 0.25) is 10.0 Å². The number of anilines is 1. The highest BCUT2D eigenvalue weighted by molar-refractivity contribution is 7.89. The standard InChI is InChI=1S/C15H23F2N3O2S/c1-19(2)23(21,22)10-7-18-12-5-8-20(9-6-12)13-3-4-14(16)15(17)11-13/h3-4,11-12,18H,5-10H2,1-2H3. The Hall–Kier alpha value is -1.25. The van der Waals surface area contributed by atoms with Crippen LogP contribution in [-0.4, -0.2) is 58.2 Å². The van der Waals surface area contributed by atoms with Gasteiger partial charge < -0.3 is 10.2 Å². The van der Waals surface area contributed by atoms with Gasteiger partial charge in [-0.3, -0.25) is 0 Å². The lowest BCUT2D eigenvalue weighted by atomic mass is 10.0. The Bertz CT molecular complexity index is 630. The molecule has 5 nitrogen and oxygen atoms in total. The second kappa shape index (κ2) is 7.55. The molecule has 1 fully saturated rings. The zero-order chi connectivity index (χ0) is 17.0. The van der Waals surface area contributed by atoms with Crippen molar-refractivity contribution in [2.24, 2.45) is 0 Å². The number of halogens is 2. The van der Waals surface area contributed by atoms with E-state index in [2.05, 4.69) is 5.32 Å². The Morgan fingerprint density at radius 1 is 1.22 bits per heavy atom. The molecule has 0 atom stereocenters. The summed E-state index contributed by atoms with van der Waals surface area (Å²) in [5.74, 6) is -1.60. The normalized spacial score (nSPS) is 17.0. The fourth-order valence-electron chi connectivity index (χ4n) is 2.60. The molecule has 1 aliphatic heterocycles. The van der Waals surface area contributed by atoms with Crippen LogP contribution >= 0.6 is 0 Å². The number of sulfonamides is 1. The molecule has 1 heterocycles. The molecule has 0 spiro atoms. The lowest BCUT2D eigenvalue weighted by molar-refractivity contribution is 0.421. The van der Waals surface area contributed by atoms with E-state index < -0.39 is 21.7 Å². The van der Waals surface area contributed by atoms with Crippen LogP contribution in [0.15, 0.2) is 18.2 Å². The molecule has 1 aromatic carbocycles. The smallest absolute Gasteiger partial charge is 0.214 e. The van der Waals surface area contributed by atoms with Crippen LogP contribution in [0.1, 0.15) is 12.8 Å². The first-order valence-electron chi connectivity index (χ1n) is 7.63. The van der Waals surface area contributed by atoms with Gasteiger partial charge >= 0.3 is 0 Å². The molecule has 2 rings (SSSR count). The van der Waals surface area contributed by atoms with E-state index in [4.69, 9.17) is 0 Å². The van der Waals surface area contributed by atoms with Crippen LogP contribution in [0.25, 0.3) is 0 Å². The molecule has 1 aliphatic rings. The quantitative estimate of drug-likeness (QED) is 0.846. The third-order valence-corrected chi connectivity index (χ3v) is 5.95. The maximum absolute atomic E-state index is 13.3. The Kier molecular flexibility index (Phi) is 5.94. The summed E-state index contributed by atoms with van der Waals surface area (Å²) in [7, 11) is -0.131. The minimum absolute atomic E-state index is 0.0728. The number of piperidine rings is 1. The molecule has 1 saturated heterocycles. The summed E-state index contributed by atoms with van der Waals surface area (Å²) in [6.45, 7) is 1.86. The van der Waals surface area contributed by atoms with Gasteiger partial charge in [-0.1, -0.05) is 0 Å². The lowest BCUT2D eigenvalue weighted by Crippen LogP contribution is -2.44. The van der Waals surface area contributed by atoms with Crippen molar-refractivity contribution in [3.05, 3.63) is 29.8 Å². The maximum Gasteiger partial charge on any atom is 0.214 e. The van der Waals surface area contributed by atoms with Gasteiger partial charge in [0.15, 0.2) is 11.6 Å². The van der Waals surface area contributed by atoms with Crippen molar-refractivity contribution in [2.75, 3.05) is 44.4 Å². The molecule has 0 aliphatic carbocycles. The highest BCUT2D eigenvalue weighted by Crippen LogP contribution is 2.22. The van der Waals surface area contributed by atoms with E-state index in [1.54, 1.807) is 6.07 Å². The maximum atomic E-state index is 13.3. The van der Waals surface area contributed by atoms with Crippen molar-refractivity contribution in [1.29, 1.82) is 0 Å². The van der Waals surface area contributed by atoms with E-state index in [-0.39, 0.29) is 11.8 Å². The van der Waals surface area contributed by atoms with Gasteiger partial charge in [-0.2, -0.15) is 0 Å². The summed E-state index contributed by atoms with van der Waals surface area (Å²) in [6.07, 6.45) is 1.67. The highest BCUT2D eigenvalue weighted by Gasteiger charge is 2.21. The molecular weight excluding hydrogens is 324 g/mol. The predicted molar refractivity (Wildman–Crippen MR) is 87.1 cm³/mol. The van der Waals surface area contributed by atoms with E-state index in [1.807, 2.05) is 4.90 Å². The van der Waals surface area contributed by atoms with E-state index >= 15 is 0 Å². The monoisotopic (exact) mass is 347 g/mol. The van der Waals surface area contributed by atoms with Crippen molar-refractivity contribution in [3.8, 4) is 0 Å². The van der Waals surface area contributed by atoms with E-state index in [0.29, 0.717) is 12.2 Å². The first kappa shape index (κ1) is 18.1. The van der Waals surface area contributed by atoms with Crippen LogP contribution in [0.4, 0.5) is 14.5 Å². The molecule has 8 heteroatoms. The summed E-state index contributed by atoms with van der Waals surface area (Å²) in [5.41, 5.74) is 0.678. The van der Waals surface area contributed by atoms with Gasteiger partial charge in [-0.25, -0.2) is 21.5 Å². The zero-order valence-electron chi connectivity index (χ0n) is 13.4. The molecular formula is C15H23F2N3O2S. The second-order valence-electron chi connectivity index (χ2n) is 5.91. The predicted octanol–water partition coefficient (Wildman–Crippen LogP) is 1.41. The molecule has 0 radical (unpaired) electrons. The third-order valence-electron chi connectivity index (χ3n) is 4.11. The van der Waals surface area contributed by atoms with Gasteiger partial charge in [0, 0.05) is 51.5 Å². The summed E-state index contributed by atoms with van der Waals surface area (Å²) in [6, 6.07) is 4.18. The van der Waals surface area contributed by atoms with Crippen molar-refractivity contribution in [1.82, 2.24) is 9.62 Å². The number of benzene rings is 1. The number of nitrogens with zero attached hydrogens (tertiary/aromatic N) is 2. The van der Waals surface area contributed by atoms with Gasteiger partial charge in [-0.05, 0) is 25.0 Å². The summed E-state index contributed by atoms with van der Waals surface area (Å²) in [4.78, 5) is 2.01. The van der Waals surface area contributed by atoms with Crippen LogP contribution in [0, 0.1) is 11.6 Å². The Morgan fingerprint density at radius 3 is 2.43 bits per heavy atom. The fraction of sp³-hybridized carbons (Fsp3) is 0.600. The molecule has 0 unspecified atom stereocenters. The van der Waals surface area contributed by atoms with Crippen molar-refractivity contribution in [3.63, 3.8) is 0 Å². The zero-order valence-corrected chi connectivity index (χ0v) is 14.2. The van der Waals surface area contributed by atoms with E-state index in [0.717, 1.165) is 32.0 Å². The van der Waals surface area contributed by atoms with Crippen molar-refractivity contribution in [2.45, 2.75) is 18.9 Å². The van der Waals surface area contributed by atoms with Gasteiger partial charge in [0.1, 0.15) is 0 Å². The van der Waals surface area contributed by atoms with Crippen LogP contribution in [-0.2, 0) is 10.0 Å². The number of hydrogen-bond donors (Lipinski definition) is 1. The molecule has 0 bridgehead atoms. The molecule has 0 saturated carbocycles. The topological polar surface area (TPSA) is 52.7 Å². The number of hydrogen-bond acceptors (Lipinski definition) is 4. The summed E-state index contributed by atoms with van der Waals surface area (Å²) in [5, 5.41) is 3.26. The first-order chi connectivity index (χ1) is 10.8. The molecule has 0 aromatic heterocycles. The van der Waals surface area contributed by atoms with Crippen LogP contribution in [0.3, 0.4) is 0 Å². The van der Waals surface area contributed by atoms with Crippen molar-refractivity contribution < 1.29 is 17.2 Å². The van der Waals surface area contributed by atoms with Crippen LogP contribution < -0.4 is 10.2 Å². The third kappa shape index (κ3) is 4.86. The summed E-state index contributed by atoms with van der Waals surface area (Å²) < 4.78 is 50.8. The average molecular weight is 347 g/mol. The Morgan fingerprint density at radius 2 is 1.87 bits per heavy atom. The molecule has 130 valence electrons. The fourth-order valence-corrected chi connectivity index (χ4v) is 3.34. The minimum Gasteiger partial charge on any atom is -0.371 e. The van der Waals surface area contributed by atoms with Gasteiger partial charge in [-0.15, -0.1) is 0 Å². The molecule has 0 amide bonds. The van der Waals surface area contributed by atoms with Crippen molar-refractivity contribution >= 4 is 15.7 Å². The Labute approximate surface area is 136 Å². The lowest BCUT2D eigenvalue weighted by Gasteiger charge is -2.34. The SMILES string of the molecule is CN(C)S(=O)(=O)CCNC1CCN(c2ccc(F)c(F)c2)CC1. The van der Waals surface area contributed by atoms with E-state index in [1.165, 1.54) is 24.5 Å². The number of rotatable bonds is 6. The second-order valence-corrected chi connectivity index (χ2v) is 8.21. The average Bonchev–Trinajstić information content (AvgIpc) is 2.50. The first-order valence-corrected chi connectivity index (χ1v) is 9.24. The number of nitrogens with one attached hydrogen (secondary N) is 1. The minimum atomic E-state index is -3.18. The van der Waals surface area contributed by atoms with Gasteiger partial charge in [0.05, 0.1) is 5.75 Å².